The number of furan rings is 1. The van der Waals surface area contributed by atoms with Crippen molar-refractivity contribution in [3.63, 3.8) is 0 Å². The molecule has 0 fully saturated rings. The monoisotopic (exact) mass is 371 g/mol. The molecule has 24 heavy (non-hydrogen) atoms. The second-order valence-electron chi connectivity index (χ2n) is 5.06. The Balaban J connectivity index is 1.68. The van der Waals surface area contributed by atoms with Crippen molar-refractivity contribution >= 4 is 27.3 Å². The minimum Gasteiger partial charge on any atom is -0.469 e. The lowest BCUT2D eigenvalue weighted by Gasteiger charge is -2.07. The lowest BCUT2D eigenvalue weighted by molar-refractivity contribution is -0.133. The molecular formula is C16H18ClNO5S. The molecule has 130 valence electrons. The smallest absolute Gasteiger partial charge is 0.244 e. The topological polar surface area (TPSA) is 85.6 Å². The summed E-state index contributed by atoms with van der Waals surface area (Å²) in [6.07, 6.45) is 2.76. The number of benzene rings is 1. The van der Waals surface area contributed by atoms with E-state index in [4.69, 9.17) is 20.9 Å². The van der Waals surface area contributed by atoms with Crippen LogP contribution in [0.4, 0.5) is 0 Å². The van der Waals surface area contributed by atoms with Crippen LogP contribution in [0.1, 0.15) is 18.6 Å². The van der Waals surface area contributed by atoms with Gasteiger partial charge in [0.15, 0.2) is 9.84 Å². The van der Waals surface area contributed by atoms with Gasteiger partial charge in [-0.25, -0.2) is 13.9 Å². The second-order valence-corrected chi connectivity index (χ2v) is 7.54. The minimum atomic E-state index is -3.61. The van der Waals surface area contributed by atoms with E-state index in [2.05, 4.69) is 5.48 Å². The van der Waals surface area contributed by atoms with Crippen LogP contribution in [-0.2, 0) is 25.9 Å². The minimum absolute atomic E-state index is 0.0267. The van der Waals surface area contributed by atoms with Gasteiger partial charge in [0.05, 0.1) is 28.5 Å². The van der Waals surface area contributed by atoms with Crippen LogP contribution < -0.4 is 5.48 Å². The lowest BCUT2D eigenvalue weighted by Crippen LogP contribution is -2.26. The van der Waals surface area contributed by atoms with Crippen molar-refractivity contribution < 1.29 is 22.5 Å². The maximum absolute atomic E-state index is 12.1. The third-order valence-electron chi connectivity index (χ3n) is 3.21. The SMILES string of the molecule is O=C(CCS(=O)(=O)c1ccccc1Cl)NOCCCc1ccco1. The first-order valence-corrected chi connectivity index (χ1v) is 9.42. The van der Waals surface area contributed by atoms with Gasteiger partial charge in [-0.15, -0.1) is 0 Å². The molecule has 0 saturated carbocycles. The van der Waals surface area contributed by atoms with Gasteiger partial charge in [-0.2, -0.15) is 0 Å². The first-order valence-electron chi connectivity index (χ1n) is 7.39. The van der Waals surface area contributed by atoms with Crippen LogP contribution in [0.25, 0.3) is 0 Å². The van der Waals surface area contributed by atoms with E-state index in [1.54, 1.807) is 24.5 Å². The molecule has 0 radical (unpaired) electrons. The fourth-order valence-corrected chi connectivity index (χ4v) is 3.80. The summed E-state index contributed by atoms with van der Waals surface area (Å²) in [5.74, 6) is 0.0117. The zero-order chi connectivity index (χ0) is 17.4. The quantitative estimate of drug-likeness (QED) is 0.541. The summed E-state index contributed by atoms with van der Waals surface area (Å²) in [6.45, 7) is 0.309. The summed E-state index contributed by atoms with van der Waals surface area (Å²) >= 11 is 5.87. The van der Waals surface area contributed by atoms with Gasteiger partial charge < -0.3 is 4.42 Å². The highest BCUT2D eigenvalue weighted by Gasteiger charge is 2.19. The molecule has 0 aliphatic rings. The molecule has 0 aliphatic carbocycles. The largest absolute Gasteiger partial charge is 0.469 e. The summed E-state index contributed by atoms with van der Waals surface area (Å²) < 4.78 is 29.5. The van der Waals surface area contributed by atoms with E-state index >= 15 is 0 Å². The zero-order valence-corrected chi connectivity index (χ0v) is 14.5. The summed E-state index contributed by atoms with van der Waals surface area (Å²) in [5.41, 5.74) is 2.23. The van der Waals surface area contributed by atoms with Gasteiger partial charge in [0.25, 0.3) is 0 Å². The van der Waals surface area contributed by atoms with Gasteiger partial charge in [0.2, 0.25) is 5.91 Å². The van der Waals surface area contributed by atoms with Crippen molar-refractivity contribution in [2.45, 2.75) is 24.2 Å². The van der Waals surface area contributed by atoms with E-state index in [1.807, 2.05) is 6.07 Å². The van der Waals surface area contributed by atoms with Crippen molar-refractivity contribution in [1.29, 1.82) is 0 Å². The molecule has 1 aromatic carbocycles. The molecular weight excluding hydrogens is 354 g/mol. The molecule has 2 rings (SSSR count). The Morgan fingerprint density at radius 2 is 2.00 bits per heavy atom. The Morgan fingerprint density at radius 3 is 2.71 bits per heavy atom. The zero-order valence-electron chi connectivity index (χ0n) is 12.9. The van der Waals surface area contributed by atoms with Gasteiger partial charge in [-0.1, -0.05) is 23.7 Å². The van der Waals surface area contributed by atoms with Crippen molar-refractivity contribution in [2.24, 2.45) is 0 Å². The molecule has 8 heteroatoms. The fraction of sp³-hybridized carbons (Fsp3) is 0.312. The van der Waals surface area contributed by atoms with Crippen LogP contribution in [0.5, 0.6) is 0 Å². The Hall–Kier alpha value is -1.83. The first kappa shape index (κ1) is 18.5. The van der Waals surface area contributed by atoms with E-state index in [9.17, 15) is 13.2 Å². The van der Waals surface area contributed by atoms with Crippen LogP contribution in [0.2, 0.25) is 5.02 Å². The number of carbonyl (C=O) groups excluding carboxylic acids is 1. The average molecular weight is 372 g/mol. The maximum atomic E-state index is 12.1. The van der Waals surface area contributed by atoms with Crippen LogP contribution >= 0.6 is 11.6 Å². The number of carbonyl (C=O) groups is 1. The molecule has 1 N–H and O–H groups in total. The molecule has 1 amide bonds. The van der Waals surface area contributed by atoms with Gasteiger partial charge >= 0.3 is 0 Å². The number of rotatable bonds is 9. The predicted molar refractivity (Wildman–Crippen MR) is 89.2 cm³/mol. The van der Waals surface area contributed by atoms with Gasteiger partial charge in [-0.05, 0) is 30.7 Å². The van der Waals surface area contributed by atoms with Crippen molar-refractivity contribution in [2.75, 3.05) is 12.4 Å². The molecule has 2 aromatic rings. The van der Waals surface area contributed by atoms with Gasteiger partial charge in [0, 0.05) is 12.8 Å². The van der Waals surface area contributed by atoms with Crippen LogP contribution in [-0.4, -0.2) is 26.7 Å². The Bertz CT molecular complexity index is 759. The summed E-state index contributed by atoms with van der Waals surface area (Å²) in [5, 5.41) is 0.145. The van der Waals surface area contributed by atoms with E-state index in [0.717, 1.165) is 5.76 Å². The highest BCUT2D eigenvalue weighted by Crippen LogP contribution is 2.22. The van der Waals surface area contributed by atoms with Crippen LogP contribution in [0, 0.1) is 0 Å². The van der Waals surface area contributed by atoms with E-state index in [-0.39, 0.29) is 22.1 Å². The number of sulfone groups is 1. The lowest BCUT2D eigenvalue weighted by atomic mass is 10.3. The number of aryl methyl sites for hydroxylation is 1. The van der Waals surface area contributed by atoms with Crippen molar-refractivity contribution in [1.82, 2.24) is 5.48 Å². The maximum Gasteiger partial charge on any atom is 0.244 e. The molecule has 1 aromatic heterocycles. The first-order chi connectivity index (χ1) is 11.5. The van der Waals surface area contributed by atoms with E-state index < -0.39 is 15.7 Å². The molecule has 1 heterocycles. The Kier molecular flexibility index (Phi) is 6.84. The standard InChI is InChI=1S/C16H18ClNO5S/c17-14-7-1-2-8-15(14)24(20,21)12-9-16(19)18-23-11-4-6-13-5-3-10-22-13/h1-3,5,7-8,10H,4,6,9,11-12H2,(H,18,19). The molecule has 0 atom stereocenters. The highest BCUT2D eigenvalue weighted by atomic mass is 35.5. The molecule has 0 saturated heterocycles. The normalized spacial score (nSPS) is 11.4. The molecule has 0 unspecified atom stereocenters. The molecule has 0 aliphatic heterocycles. The molecule has 6 nitrogen and oxygen atoms in total. The van der Waals surface area contributed by atoms with Crippen molar-refractivity contribution in [3.8, 4) is 0 Å². The number of hydrogen-bond acceptors (Lipinski definition) is 5. The van der Waals surface area contributed by atoms with Crippen molar-refractivity contribution in [3.05, 3.63) is 53.4 Å². The average Bonchev–Trinajstić information content (AvgIpc) is 3.06. The number of hydrogen-bond donors (Lipinski definition) is 1. The number of hydroxylamine groups is 1. The third-order valence-corrected chi connectivity index (χ3v) is 5.41. The van der Waals surface area contributed by atoms with E-state index in [0.29, 0.717) is 19.4 Å². The number of amides is 1. The third kappa shape index (κ3) is 5.67. The summed E-state index contributed by atoms with van der Waals surface area (Å²) in [6, 6.07) is 9.80. The van der Waals surface area contributed by atoms with Crippen LogP contribution in [0.15, 0.2) is 52.0 Å². The van der Waals surface area contributed by atoms with Gasteiger partial charge in [0.1, 0.15) is 5.76 Å². The van der Waals surface area contributed by atoms with Gasteiger partial charge in [-0.3, -0.25) is 9.63 Å². The van der Waals surface area contributed by atoms with E-state index in [1.165, 1.54) is 12.1 Å². The second kappa shape index (κ2) is 8.86. The number of halogens is 1. The Morgan fingerprint density at radius 1 is 1.21 bits per heavy atom. The fourth-order valence-electron chi connectivity index (χ4n) is 1.99. The molecule has 0 spiro atoms. The molecule has 0 bridgehead atoms. The summed E-state index contributed by atoms with van der Waals surface area (Å²) in [7, 11) is -3.61. The summed E-state index contributed by atoms with van der Waals surface area (Å²) in [4.78, 5) is 16.7. The predicted octanol–water partition coefficient (Wildman–Crippen LogP) is 2.78. The number of nitrogens with one attached hydrogen (secondary N) is 1. The highest BCUT2D eigenvalue weighted by molar-refractivity contribution is 7.91. The van der Waals surface area contributed by atoms with Crippen LogP contribution in [0.3, 0.4) is 0 Å². The Labute approximate surface area is 145 Å².